The Morgan fingerprint density at radius 3 is 2.59 bits per heavy atom. The molecular weight excluding hydrogens is 301 g/mol. The molecule has 0 spiro atoms. The molecule has 3 nitrogen and oxygen atoms in total. The Morgan fingerprint density at radius 1 is 1.47 bits per heavy atom. The van der Waals surface area contributed by atoms with E-state index in [0.717, 1.165) is 6.07 Å². The van der Waals surface area contributed by atoms with Gasteiger partial charge in [0.05, 0.1) is 17.7 Å². The summed E-state index contributed by atoms with van der Waals surface area (Å²) in [6.07, 6.45) is -1.87. The van der Waals surface area contributed by atoms with Gasteiger partial charge in [-0.1, -0.05) is 0 Å². The summed E-state index contributed by atoms with van der Waals surface area (Å²) < 4.78 is 38.6. The lowest BCUT2D eigenvalue weighted by Gasteiger charge is -2.19. The number of anilines is 1. The van der Waals surface area contributed by atoms with E-state index in [1.54, 1.807) is 0 Å². The Kier molecular flexibility index (Phi) is 3.07. The van der Waals surface area contributed by atoms with Gasteiger partial charge in [0.1, 0.15) is 5.82 Å². The molecule has 0 unspecified atom stereocenters. The quantitative estimate of drug-likeness (QED) is 0.902. The van der Waals surface area contributed by atoms with Crippen molar-refractivity contribution in [3.63, 3.8) is 0 Å². The van der Waals surface area contributed by atoms with E-state index in [1.807, 2.05) is 0 Å². The topological polar surface area (TPSA) is 45.1 Å². The number of aromatic nitrogens is 1. The highest BCUT2D eigenvalue weighted by Crippen LogP contribution is 2.42. The molecule has 0 radical (unpaired) electrons. The van der Waals surface area contributed by atoms with E-state index in [-0.39, 0.29) is 16.9 Å². The van der Waals surface area contributed by atoms with Crippen LogP contribution in [0.3, 0.4) is 0 Å². The molecule has 7 heteroatoms. The molecule has 2 rings (SSSR count). The van der Waals surface area contributed by atoms with Gasteiger partial charge in [0.2, 0.25) is 0 Å². The molecular formula is C10H10BrF3N2O. The van der Waals surface area contributed by atoms with Gasteiger partial charge in [-0.25, -0.2) is 4.98 Å². The van der Waals surface area contributed by atoms with Gasteiger partial charge in [0, 0.05) is 10.7 Å². The van der Waals surface area contributed by atoms with Gasteiger partial charge >= 0.3 is 6.18 Å². The molecule has 0 aromatic carbocycles. The van der Waals surface area contributed by atoms with E-state index in [2.05, 4.69) is 26.2 Å². The van der Waals surface area contributed by atoms with Crippen molar-refractivity contribution in [3.05, 3.63) is 22.3 Å². The predicted octanol–water partition coefficient (Wildman–Crippen LogP) is 2.80. The highest BCUT2D eigenvalue weighted by Gasteiger charge is 2.44. The Labute approximate surface area is 104 Å². The number of pyridine rings is 1. The fourth-order valence-corrected chi connectivity index (χ4v) is 1.81. The largest absolute Gasteiger partial charge is 0.419 e. The van der Waals surface area contributed by atoms with Crippen LogP contribution in [0, 0.1) is 0 Å². The minimum Gasteiger partial charge on any atom is -0.394 e. The van der Waals surface area contributed by atoms with Crippen molar-refractivity contribution in [3.8, 4) is 0 Å². The number of aliphatic hydroxyl groups is 1. The number of rotatable bonds is 3. The fourth-order valence-electron chi connectivity index (χ4n) is 1.48. The number of nitrogens with one attached hydrogen (secondary N) is 1. The third kappa shape index (κ3) is 2.71. The molecule has 1 aromatic heterocycles. The Balaban J connectivity index is 2.33. The maximum absolute atomic E-state index is 12.8. The van der Waals surface area contributed by atoms with Crippen molar-refractivity contribution in [2.45, 2.75) is 24.6 Å². The van der Waals surface area contributed by atoms with E-state index < -0.39 is 17.3 Å². The maximum atomic E-state index is 12.8. The summed E-state index contributed by atoms with van der Waals surface area (Å²) in [5.41, 5.74) is -1.45. The molecule has 0 saturated heterocycles. The van der Waals surface area contributed by atoms with E-state index in [9.17, 15) is 13.2 Å². The highest BCUT2D eigenvalue weighted by molar-refractivity contribution is 9.10. The molecule has 17 heavy (non-hydrogen) atoms. The van der Waals surface area contributed by atoms with Crippen LogP contribution in [0.2, 0.25) is 0 Å². The maximum Gasteiger partial charge on any atom is 0.419 e. The Bertz CT molecular complexity index is 432. The smallest absolute Gasteiger partial charge is 0.394 e. The Hall–Kier alpha value is -0.820. The van der Waals surface area contributed by atoms with Crippen LogP contribution in [-0.2, 0) is 6.18 Å². The molecule has 1 aliphatic rings. The van der Waals surface area contributed by atoms with Crippen LogP contribution in [0.25, 0.3) is 0 Å². The van der Waals surface area contributed by atoms with Gasteiger partial charge < -0.3 is 10.4 Å². The standard InChI is InChI=1S/C10H10BrF3N2O/c11-6-3-7(10(12,13)14)8(15-4-6)16-9(5-17)1-2-9/h3-4,17H,1-2,5H2,(H,15,16). The van der Waals surface area contributed by atoms with Gasteiger partial charge in [0.15, 0.2) is 0 Å². The van der Waals surface area contributed by atoms with E-state index in [4.69, 9.17) is 5.11 Å². The molecule has 0 amide bonds. The minimum absolute atomic E-state index is 0.192. The van der Waals surface area contributed by atoms with Crippen molar-refractivity contribution in [1.29, 1.82) is 0 Å². The molecule has 94 valence electrons. The van der Waals surface area contributed by atoms with Crippen LogP contribution in [-0.4, -0.2) is 22.2 Å². The van der Waals surface area contributed by atoms with Crippen molar-refractivity contribution in [2.75, 3.05) is 11.9 Å². The fraction of sp³-hybridized carbons (Fsp3) is 0.500. The van der Waals surface area contributed by atoms with Crippen LogP contribution < -0.4 is 5.32 Å². The number of nitrogens with zero attached hydrogens (tertiary/aromatic N) is 1. The van der Waals surface area contributed by atoms with Crippen molar-refractivity contribution < 1.29 is 18.3 Å². The number of halogens is 4. The van der Waals surface area contributed by atoms with Crippen LogP contribution in [0.4, 0.5) is 19.0 Å². The lowest BCUT2D eigenvalue weighted by molar-refractivity contribution is -0.137. The second-order valence-corrected chi connectivity index (χ2v) is 5.03. The Morgan fingerprint density at radius 2 is 2.12 bits per heavy atom. The molecule has 1 heterocycles. The third-order valence-electron chi connectivity index (χ3n) is 2.70. The molecule has 1 saturated carbocycles. The molecule has 1 aliphatic carbocycles. The lowest BCUT2D eigenvalue weighted by Crippen LogP contribution is -2.28. The molecule has 0 atom stereocenters. The van der Waals surface area contributed by atoms with Gasteiger partial charge in [-0.2, -0.15) is 13.2 Å². The molecule has 1 fully saturated rings. The van der Waals surface area contributed by atoms with E-state index in [1.165, 1.54) is 6.20 Å². The molecule has 0 bridgehead atoms. The monoisotopic (exact) mass is 310 g/mol. The first kappa shape index (κ1) is 12.6. The summed E-state index contributed by atoms with van der Waals surface area (Å²) >= 11 is 2.96. The first-order valence-electron chi connectivity index (χ1n) is 4.98. The molecule has 2 N–H and O–H groups in total. The van der Waals surface area contributed by atoms with Crippen LogP contribution >= 0.6 is 15.9 Å². The average Bonchev–Trinajstić information content (AvgIpc) is 3.00. The first-order valence-corrected chi connectivity index (χ1v) is 5.77. The summed E-state index contributed by atoms with van der Waals surface area (Å²) in [5, 5.41) is 11.8. The molecule has 0 aliphatic heterocycles. The number of alkyl halides is 3. The van der Waals surface area contributed by atoms with Gasteiger partial charge in [-0.05, 0) is 34.8 Å². The van der Waals surface area contributed by atoms with Crippen LogP contribution in [0.15, 0.2) is 16.7 Å². The highest BCUT2D eigenvalue weighted by atomic mass is 79.9. The molecule has 1 aromatic rings. The zero-order valence-electron chi connectivity index (χ0n) is 8.68. The van der Waals surface area contributed by atoms with Gasteiger partial charge in [-0.15, -0.1) is 0 Å². The number of hydrogen-bond acceptors (Lipinski definition) is 3. The van der Waals surface area contributed by atoms with E-state index >= 15 is 0 Å². The summed E-state index contributed by atoms with van der Waals surface area (Å²) in [5.74, 6) is -0.229. The average molecular weight is 311 g/mol. The predicted molar refractivity (Wildman–Crippen MR) is 59.6 cm³/mol. The van der Waals surface area contributed by atoms with E-state index in [0.29, 0.717) is 12.8 Å². The zero-order valence-corrected chi connectivity index (χ0v) is 10.3. The van der Waals surface area contributed by atoms with Gasteiger partial charge in [-0.3, -0.25) is 0 Å². The van der Waals surface area contributed by atoms with Gasteiger partial charge in [0.25, 0.3) is 0 Å². The second-order valence-electron chi connectivity index (χ2n) is 4.11. The van der Waals surface area contributed by atoms with Crippen molar-refractivity contribution in [2.24, 2.45) is 0 Å². The van der Waals surface area contributed by atoms with Crippen molar-refractivity contribution in [1.82, 2.24) is 4.98 Å². The number of hydrogen-bond donors (Lipinski definition) is 2. The minimum atomic E-state index is -4.47. The lowest BCUT2D eigenvalue weighted by atomic mass is 10.2. The third-order valence-corrected chi connectivity index (χ3v) is 3.13. The first-order chi connectivity index (χ1) is 7.86. The normalized spacial score (nSPS) is 17.9. The van der Waals surface area contributed by atoms with Crippen LogP contribution in [0.5, 0.6) is 0 Å². The number of aliphatic hydroxyl groups excluding tert-OH is 1. The summed E-state index contributed by atoms with van der Waals surface area (Å²) in [6.45, 7) is -0.192. The van der Waals surface area contributed by atoms with Crippen LogP contribution in [0.1, 0.15) is 18.4 Å². The summed E-state index contributed by atoms with van der Waals surface area (Å²) in [4.78, 5) is 3.73. The summed E-state index contributed by atoms with van der Waals surface area (Å²) in [6, 6.07) is 0.975. The second kappa shape index (κ2) is 4.13. The zero-order chi connectivity index (χ0) is 12.7. The van der Waals surface area contributed by atoms with Crippen molar-refractivity contribution >= 4 is 21.7 Å². The summed E-state index contributed by atoms with van der Waals surface area (Å²) in [7, 11) is 0. The SMILES string of the molecule is OCC1(Nc2ncc(Br)cc2C(F)(F)F)CC1.